The van der Waals surface area contributed by atoms with Gasteiger partial charge in [0.2, 0.25) is 11.8 Å². The fraction of sp³-hybridized carbons (Fsp3) is 0.391. The summed E-state index contributed by atoms with van der Waals surface area (Å²) in [6.45, 7) is 6.89. The Hall–Kier alpha value is -2.62. The molecule has 0 bridgehead atoms. The van der Waals surface area contributed by atoms with Crippen LogP contribution in [-0.4, -0.2) is 29.3 Å². The van der Waals surface area contributed by atoms with Gasteiger partial charge >= 0.3 is 0 Å². The molecule has 0 aliphatic carbocycles. The van der Waals surface area contributed by atoms with Crippen LogP contribution in [0, 0.1) is 6.92 Å². The van der Waals surface area contributed by atoms with Crippen LogP contribution >= 0.6 is 0 Å². The molecule has 2 aromatic rings. The van der Waals surface area contributed by atoms with E-state index in [4.69, 9.17) is 0 Å². The van der Waals surface area contributed by atoms with Crippen molar-refractivity contribution in [2.75, 3.05) is 6.54 Å². The van der Waals surface area contributed by atoms with E-state index in [1.54, 1.807) is 4.90 Å². The van der Waals surface area contributed by atoms with E-state index in [9.17, 15) is 9.59 Å². The maximum atomic E-state index is 13.0. The first-order chi connectivity index (χ1) is 13.0. The standard InChI is InChI=1S/C23H30N2O2/c1-4-21(23(27)24-5-2)25(17-20-13-11-18(3)12-14-20)22(26)16-15-19-9-7-6-8-10-19/h6-14,21H,4-5,15-17H2,1-3H3,(H,24,27)/t21-/m1/s1. The van der Waals surface area contributed by atoms with Crippen molar-refractivity contribution in [1.82, 2.24) is 10.2 Å². The number of hydrogen-bond acceptors (Lipinski definition) is 2. The minimum atomic E-state index is -0.450. The highest BCUT2D eigenvalue weighted by Gasteiger charge is 2.27. The van der Waals surface area contributed by atoms with Crippen LogP contribution < -0.4 is 5.32 Å². The summed E-state index contributed by atoms with van der Waals surface area (Å²) in [4.78, 5) is 27.3. The summed E-state index contributed by atoms with van der Waals surface area (Å²) in [5.74, 6) is -0.0716. The van der Waals surface area contributed by atoms with Crippen molar-refractivity contribution in [1.29, 1.82) is 0 Å². The molecule has 4 nitrogen and oxygen atoms in total. The first-order valence-corrected chi connectivity index (χ1v) is 9.71. The summed E-state index contributed by atoms with van der Waals surface area (Å²) in [6.07, 6.45) is 1.66. The highest BCUT2D eigenvalue weighted by atomic mass is 16.2. The van der Waals surface area contributed by atoms with Gasteiger partial charge in [0, 0.05) is 19.5 Å². The van der Waals surface area contributed by atoms with Gasteiger partial charge in [-0.25, -0.2) is 0 Å². The van der Waals surface area contributed by atoms with E-state index in [1.807, 2.05) is 75.4 Å². The van der Waals surface area contributed by atoms with E-state index in [2.05, 4.69) is 5.32 Å². The average Bonchev–Trinajstić information content (AvgIpc) is 2.68. The molecule has 1 atom stereocenters. The Morgan fingerprint density at radius 1 is 0.963 bits per heavy atom. The molecule has 0 aromatic heterocycles. The Bertz CT molecular complexity index is 726. The van der Waals surface area contributed by atoms with Gasteiger partial charge in [0.05, 0.1) is 0 Å². The van der Waals surface area contributed by atoms with Crippen LogP contribution in [0.25, 0.3) is 0 Å². The first-order valence-electron chi connectivity index (χ1n) is 9.71. The Labute approximate surface area is 162 Å². The molecule has 0 fully saturated rings. The summed E-state index contributed by atoms with van der Waals surface area (Å²) < 4.78 is 0. The lowest BCUT2D eigenvalue weighted by Gasteiger charge is -2.30. The van der Waals surface area contributed by atoms with Crippen molar-refractivity contribution in [2.24, 2.45) is 0 Å². The molecule has 0 radical (unpaired) electrons. The highest BCUT2D eigenvalue weighted by molar-refractivity contribution is 5.87. The van der Waals surface area contributed by atoms with Crippen molar-refractivity contribution in [3.63, 3.8) is 0 Å². The summed E-state index contributed by atoms with van der Waals surface area (Å²) in [5.41, 5.74) is 3.35. The fourth-order valence-electron chi connectivity index (χ4n) is 3.14. The van der Waals surface area contributed by atoms with E-state index in [0.29, 0.717) is 32.4 Å². The molecule has 0 unspecified atom stereocenters. The molecular formula is C23H30N2O2. The largest absolute Gasteiger partial charge is 0.355 e. The number of amides is 2. The monoisotopic (exact) mass is 366 g/mol. The van der Waals surface area contributed by atoms with E-state index < -0.39 is 6.04 Å². The summed E-state index contributed by atoms with van der Waals surface area (Å²) in [7, 11) is 0. The quantitative estimate of drug-likeness (QED) is 0.732. The van der Waals surface area contributed by atoms with Gasteiger partial charge in [-0.3, -0.25) is 9.59 Å². The molecule has 144 valence electrons. The number of carbonyl (C=O) groups is 2. The number of hydrogen-bond donors (Lipinski definition) is 1. The third-order valence-corrected chi connectivity index (χ3v) is 4.68. The Kier molecular flexibility index (Phi) is 8.05. The van der Waals surface area contributed by atoms with Gasteiger partial charge in [0.1, 0.15) is 6.04 Å². The molecule has 0 saturated heterocycles. The first kappa shape index (κ1) is 20.7. The molecule has 2 aromatic carbocycles. The fourth-order valence-corrected chi connectivity index (χ4v) is 3.14. The van der Waals surface area contributed by atoms with Gasteiger partial charge in [-0.1, -0.05) is 67.1 Å². The number of rotatable bonds is 9. The smallest absolute Gasteiger partial charge is 0.242 e. The zero-order valence-electron chi connectivity index (χ0n) is 16.6. The number of nitrogens with one attached hydrogen (secondary N) is 1. The van der Waals surface area contributed by atoms with Crippen LogP contribution in [-0.2, 0) is 22.6 Å². The lowest BCUT2D eigenvalue weighted by Crippen LogP contribution is -2.49. The molecule has 0 saturated carbocycles. The second-order valence-corrected chi connectivity index (χ2v) is 6.81. The van der Waals surface area contributed by atoms with Gasteiger partial charge < -0.3 is 10.2 Å². The van der Waals surface area contributed by atoms with Gasteiger partial charge in [-0.05, 0) is 37.8 Å². The molecule has 27 heavy (non-hydrogen) atoms. The maximum absolute atomic E-state index is 13.0. The van der Waals surface area contributed by atoms with Crippen LogP contribution in [0.1, 0.15) is 43.4 Å². The number of nitrogens with zero attached hydrogens (tertiary/aromatic N) is 1. The molecule has 0 spiro atoms. The summed E-state index contributed by atoms with van der Waals surface area (Å²) >= 11 is 0. The highest BCUT2D eigenvalue weighted by Crippen LogP contribution is 2.15. The van der Waals surface area contributed by atoms with Crippen LogP contribution in [0.15, 0.2) is 54.6 Å². The number of likely N-dealkylation sites (N-methyl/N-ethyl adjacent to an activating group) is 1. The molecule has 2 amide bonds. The summed E-state index contributed by atoms with van der Waals surface area (Å²) in [5, 5.41) is 2.87. The lowest BCUT2D eigenvalue weighted by atomic mass is 10.1. The predicted molar refractivity (Wildman–Crippen MR) is 109 cm³/mol. The van der Waals surface area contributed by atoms with Crippen LogP contribution in [0.5, 0.6) is 0 Å². The molecule has 1 N–H and O–H groups in total. The van der Waals surface area contributed by atoms with Crippen LogP contribution in [0.4, 0.5) is 0 Å². The van der Waals surface area contributed by atoms with Crippen LogP contribution in [0.3, 0.4) is 0 Å². The number of carbonyl (C=O) groups excluding carboxylic acids is 2. The molecular weight excluding hydrogens is 336 g/mol. The normalized spacial score (nSPS) is 11.7. The zero-order chi connectivity index (χ0) is 19.6. The van der Waals surface area contributed by atoms with Crippen LogP contribution in [0.2, 0.25) is 0 Å². The number of aryl methyl sites for hydroxylation is 2. The number of benzene rings is 2. The van der Waals surface area contributed by atoms with Crippen molar-refractivity contribution < 1.29 is 9.59 Å². The van der Waals surface area contributed by atoms with Crippen molar-refractivity contribution in [2.45, 2.75) is 52.6 Å². The molecule has 0 heterocycles. The Morgan fingerprint density at radius 2 is 1.63 bits per heavy atom. The average molecular weight is 367 g/mol. The lowest BCUT2D eigenvalue weighted by molar-refractivity contribution is -0.141. The SMILES string of the molecule is CCNC(=O)[C@@H](CC)N(Cc1ccc(C)cc1)C(=O)CCc1ccccc1. The van der Waals surface area contributed by atoms with Gasteiger partial charge in [-0.2, -0.15) is 0 Å². The summed E-state index contributed by atoms with van der Waals surface area (Å²) in [6, 6.07) is 17.7. The third kappa shape index (κ3) is 6.24. The van der Waals surface area contributed by atoms with Crippen molar-refractivity contribution in [3.8, 4) is 0 Å². The molecule has 0 aliphatic rings. The van der Waals surface area contributed by atoms with E-state index in [1.165, 1.54) is 5.56 Å². The topological polar surface area (TPSA) is 49.4 Å². The minimum Gasteiger partial charge on any atom is -0.355 e. The zero-order valence-corrected chi connectivity index (χ0v) is 16.6. The maximum Gasteiger partial charge on any atom is 0.242 e. The van der Waals surface area contributed by atoms with Gasteiger partial charge in [-0.15, -0.1) is 0 Å². The Balaban J connectivity index is 2.17. The molecule has 4 heteroatoms. The third-order valence-electron chi connectivity index (χ3n) is 4.68. The van der Waals surface area contributed by atoms with E-state index in [0.717, 1.165) is 11.1 Å². The van der Waals surface area contributed by atoms with Gasteiger partial charge in [0.25, 0.3) is 0 Å². The van der Waals surface area contributed by atoms with E-state index in [-0.39, 0.29) is 11.8 Å². The molecule has 0 aliphatic heterocycles. The minimum absolute atomic E-state index is 0.0116. The van der Waals surface area contributed by atoms with E-state index >= 15 is 0 Å². The van der Waals surface area contributed by atoms with Crippen molar-refractivity contribution >= 4 is 11.8 Å². The molecule has 2 rings (SSSR count). The van der Waals surface area contributed by atoms with Crippen molar-refractivity contribution in [3.05, 3.63) is 71.3 Å². The van der Waals surface area contributed by atoms with Gasteiger partial charge in [0.15, 0.2) is 0 Å². The Morgan fingerprint density at radius 3 is 2.22 bits per heavy atom. The second-order valence-electron chi connectivity index (χ2n) is 6.81. The predicted octanol–water partition coefficient (Wildman–Crippen LogP) is 3.87. The second kappa shape index (κ2) is 10.5.